The number of aromatic carboxylic acids is 1. The third kappa shape index (κ3) is 12.0. The Morgan fingerprint density at radius 1 is 1.02 bits per heavy atom. The maximum Gasteiger partial charge on any atom is 0.490 e. The molecule has 11 nitrogen and oxygen atoms in total. The minimum atomic E-state index is -5.08. The van der Waals surface area contributed by atoms with E-state index in [1.807, 2.05) is 24.3 Å². The fourth-order valence-corrected chi connectivity index (χ4v) is 3.76. The van der Waals surface area contributed by atoms with Crippen LogP contribution in [0.3, 0.4) is 0 Å². The molecule has 1 fully saturated rings. The molecule has 0 aromatic heterocycles. The molecule has 1 heterocycles. The van der Waals surface area contributed by atoms with E-state index in [1.54, 1.807) is 31.4 Å². The summed E-state index contributed by atoms with van der Waals surface area (Å²) in [4.78, 5) is 41.4. The van der Waals surface area contributed by atoms with Crippen molar-refractivity contribution in [3.63, 3.8) is 0 Å². The van der Waals surface area contributed by atoms with E-state index >= 15 is 0 Å². The number of aliphatic imine (C=N–C) groups is 1. The molecule has 42 heavy (non-hydrogen) atoms. The van der Waals surface area contributed by atoms with Gasteiger partial charge in [-0.25, -0.2) is 14.6 Å². The number of carbonyl (C=O) groups is 3. The number of guanidine groups is 1. The van der Waals surface area contributed by atoms with Gasteiger partial charge in [0.05, 0.1) is 25.8 Å². The number of piperazine rings is 1. The summed E-state index contributed by atoms with van der Waals surface area (Å²) in [7, 11) is 1.64. The number of carbonyl (C=O) groups excluding carboxylic acids is 1. The molecule has 2 aromatic rings. The molecule has 230 valence electrons. The van der Waals surface area contributed by atoms with Crippen LogP contribution in [0.4, 0.5) is 18.9 Å². The molecule has 1 aliphatic rings. The van der Waals surface area contributed by atoms with Crippen molar-refractivity contribution in [1.82, 2.24) is 15.1 Å². The van der Waals surface area contributed by atoms with E-state index in [4.69, 9.17) is 24.7 Å². The van der Waals surface area contributed by atoms with Crippen molar-refractivity contribution in [2.24, 2.45) is 4.99 Å². The van der Waals surface area contributed by atoms with Crippen molar-refractivity contribution in [1.29, 1.82) is 0 Å². The zero-order valence-electron chi connectivity index (χ0n) is 23.5. The highest BCUT2D eigenvalue weighted by Gasteiger charge is 2.38. The number of benzene rings is 2. The predicted octanol–water partition coefficient (Wildman–Crippen LogP) is 3.53. The molecular weight excluding hydrogens is 559 g/mol. The van der Waals surface area contributed by atoms with E-state index in [0.29, 0.717) is 19.0 Å². The number of nitrogens with zero attached hydrogens (tertiary/aromatic N) is 3. The van der Waals surface area contributed by atoms with Crippen LogP contribution in [0.2, 0.25) is 0 Å². The lowest BCUT2D eigenvalue weighted by atomic mass is 10.2. The number of methoxy groups -OCH3 is 1. The second kappa shape index (κ2) is 16.8. The zero-order valence-corrected chi connectivity index (χ0v) is 23.5. The van der Waals surface area contributed by atoms with Crippen molar-refractivity contribution >= 4 is 29.5 Å². The highest BCUT2D eigenvalue weighted by atomic mass is 19.4. The number of carboxylic acids is 2. The minimum Gasteiger partial charge on any atom is -0.497 e. The van der Waals surface area contributed by atoms with Crippen LogP contribution in [0.5, 0.6) is 5.75 Å². The monoisotopic (exact) mass is 595 g/mol. The molecule has 1 aliphatic heterocycles. The number of nitrogens with one attached hydrogen (secondary N) is 2. The maximum atomic E-state index is 12.2. The summed E-state index contributed by atoms with van der Waals surface area (Å²) in [5, 5.41) is 22.6. The summed E-state index contributed by atoms with van der Waals surface area (Å²) in [6, 6.07) is 14.4. The molecule has 0 radical (unpaired) electrons. The van der Waals surface area contributed by atoms with Crippen molar-refractivity contribution < 1.29 is 42.5 Å². The van der Waals surface area contributed by atoms with Crippen molar-refractivity contribution in [3.05, 3.63) is 59.7 Å². The van der Waals surface area contributed by atoms with E-state index in [-0.39, 0.29) is 11.5 Å². The van der Waals surface area contributed by atoms with Crippen LogP contribution in [-0.4, -0.2) is 96.4 Å². The first-order valence-corrected chi connectivity index (χ1v) is 13.2. The normalized spacial score (nSPS) is 13.9. The average molecular weight is 596 g/mol. The topological polar surface area (TPSA) is 144 Å². The van der Waals surface area contributed by atoms with Crippen LogP contribution in [-0.2, 0) is 16.1 Å². The smallest absolute Gasteiger partial charge is 0.490 e. The molecule has 14 heteroatoms. The Kier molecular flexibility index (Phi) is 13.6. The second-order valence-electron chi connectivity index (χ2n) is 9.27. The van der Waals surface area contributed by atoms with Crippen molar-refractivity contribution in [2.45, 2.75) is 32.5 Å². The number of ether oxygens (including phenoxy) is 1. The maximum absolute atomic E-state index is 12.2. The summed E-state index contributed by atoms with van der Waals surface area (Å²) in [6.45, 7) is 6.63. The van der Waals surface area contributed by atoms with Crippen LogP contribution in [0, 0.1) is 0 Å². The third-order valence-corrected chi connectivity index (χ3v) is 6.07. The number of unbranched alkanes of at least 4 members (excludes halogenated alkanes) is 1. The Labute approximate surface area is 242 Å². The first-order chi connectivity index (χ1) is 19.9. The van der Waals surface area contributed by atoms with Gasteiger partial charge >= 0.3 is 18.1 Å². The van der Waals surface area contributed by atoms with Gasteiger partial charge in [0, 0.05) is 38.4 Å². The van der Waals surface area contributed by atoms with Gasteiger partial charge in [0.15, 0.2) is 5.96 Å². The molecular formula is C28H36F3N5O6. The number of alkyl halides is 3. The molecule has 0 aliphatic carbocycles. The quantitative estimate of drug-likeness (QED) is 0.184. The Bertz CT molecular complexity index is 1200. The number of amides is 1. The van der Waals surface area contributed by atoms with Gasteiger partial charge in [-0.15, -0.1) is 0 Å². The minimum absolute atomic E-state index is 0.0652. The summed E-state index contributed by atoms with van der Waals surface area (Å²) in [6.07, 6.45) is -3.03. The fourth-order valence-electron chi connectivity index (χ4n) is 3.76. The summed E-state index contributed by atoms with van der Waals surface area (Å²) in [5.74, 6) is -2.16. The number of halogens is 3. The lowest BCUT2D eigenvalue weighted by Gasteiger charge is -2.36. The van der Waals surface area contributed by atoms with Gasteiger partial charge in [-0.2, -0.15) is 13.2 Å². The van der Waals surface area contributed by atoms with Crippen LogP contribution < -0.4 is 15.4 Å². The van der Waals surface area contributed by atoms with Gasteiger partial charge in [-0.1, -0.05) is 25.5 Å². The molecule has 1 amide bonds. The first-order valence-electron chi connectivity index (χ1n) is 13.2. The van der Waals surface area contributed by atoms with E-state index in [2.05, 4.69) is 27.4 Å². The Morgan fingerprint density at radius 2 is 1.67 bits per heavy atom. The van der Waals surface area contributed by atoms with Gasteiger partial charge in [0.1, 0.15) is 5.75 Å². The number of hydrogen-bond acceptors (Lipinski definition) is 6. The number of anilines is 1. The lowest BCUT2D eigenvalue weighted by molar-refractivity contribution is -0.192. The Morgan fingerprint density at radius 3 is 2.21 bits per heavy atom. The third-order valence-electron chi connectivity index (χ3n) is 6.07. The van der Waals surface area contributed by atoms with E-state index in [0.717, 1.165) is 62.6 Å². The van der Waals surface area contributed by atoms with Crippen LogP contribution in [0.1, 0.15) is 35.7 Å². The highest BCUT2D eigenvalue weighted by molar-refractivity contribution is 5.94. The van der Waals surface area contributed by atoms with E-state index < -0.39 is 18.1 Å². The Balaban J connectivity index is 0.000000782. The van der Waals surface area contributed by atoms with Gasteiger partial charge in [0.25, 0.3) is 0 Å². The molecule has 3 rings (SSSR count). The fraction of sp³-hybridized carbons (Fsp3) is 0.429. The molecule has 4 N–H and O–H groups in total. The number of hydrogen-bond donors (Lipinski definition) is 4. The van der Waals surface area contributed by atoms with Crippen LogP contribution >= 0.6 is 0 Å². The van der Waals surface area contributed by atoms with Crippen LogP contribution in [0.15, 0.2) is 53.5 Å². The van der Waals surface area contributed by atoms with Gasteiger partial charge in [-0.05, 0) is 48.4 Å². The average Bonchev–Trinajstić information content (AvgIpc) is 2.96. The highest BCUT2D eigenvalue weighted by Crippen LogP contribution is 2.16. The predicted molar refractivity (Wildman–Crippen MR) is 151 cm³/mol. The SMILES string of the molecule is CCCCNC(=O)CN1CCN(C(=NCc2cccc(OC)c2)Nc2ccc(C(=O)O)cc2)CC1.O=C(O)C(F)(F)F. The van der Waals surface area contributed by atoms with Crippen LogP contribution in [0.25, 0.3) is 0 Å². The van der Waals surface area contributed by atoms with Crippen molar-refractivity contribution in [3.8, 4) is 5.75 Å². The second-order valence-corrected chi connectivity index (χ2v) is 9.27. The molecule has 0 unspecified atom stereocenters. The molecule has 1 saturated heterocycles. The molecule has 2 aromatic carbocycles. The number of aliphatic carboxylic acids is 1. The van der Waals surface area contributed by atoms with E-state index in [1.165, 1.54) is 0 Å². The summed E-state index contributed by atoms with van der Waals surface area (Å²) < 4.78 is 37.1. The van der Waals surface area contributed by atoms with Crippen molar-refractivity contribution in [2.75, 3.05) is 51.7 Å². The number of carboxylic acid groups (broad SMARTS) is 2. The molecule has 0 bridgehead atoms. The molecule has 0 saturated carbocycles. The standard InChI is InChI=1S/C26H35N5O4.C2HF3O2/c1-3-4-12-27-24(32)19-30-13-15-31(16-14-30)26(28-18-20-6-5-7-23(17-20)35-2)29-22-10-8-21(9-11-22)25(33)34;3-2(4,5)1(6)7/h5-11,17H,3-4,12-16,18-19H2,1-2H3,(H,27,32)(H,28,29)(H,33,34);(H,6,7). The summed E-state index contributed by atoms with van der Waals surface area (Å²) >= 11 is 0. The van der Waals surface area contributed by atoms with E-state index in [9.17, 15) is 22.8 Å². The Hall–Kier alpha value is -4.33. The summed E-state index contributed by atoms with van der Waals surface area (Å²) in [5.41, 5.74) is 2.01. The zero-order chi connectivity index (χ0) is 31.1. The van der Waals surface area contributed by atoms with Gasteiger partial charge in [-0.3, -0.25) is 9.69 Å². The van der Waals surface area contributed by atoms with Gasteiger partial charge in [0.2, 0.25) is 5.91 Å². The van der Waals surface area contributed by atoms with Gasteiger partial charge < -0.3 is 30.5 Å². The largest absolute Gasteiger partial charge is 0.497 e. The first kappa shape index (κ1) is 33.9. The molecule has 0 atom stereocenters. The number of rotatable bonds is 10. The molecule has 0 spiro atoms. The lowest BCUT2D eigenvalue weighted by Crippen LogP contribution is -2.52.